The lowest BCUT2D eigenvalue weighted by atomic mass is 9.41. The van der Waals surface area contributed by atoms with Crippen molar-refractivity contribution in [2.24, 2.45) is 34.3 Å². The van der Waals surface area contributed by atoms with Gasteiger partial charge in [-0.05, 0) is 81.1 Å². The number of nitrogens with two attached hydrogens (primary N) is 1. The van der Waals surface area contributed by atoms with Crippen molar-refractivity contribution in [1.29, 1.82) is 0 Å². The topological polar surface area (TPSA) is 55.1 Å². The van der Waals surface area contributed by atoms with Crippen LogP contribution in [0, 0.1) is 28.6 Å². The molecule has 1 atom stereocenters. The van der Waals surface area contributed by atoms with Crippen molar-refractivity contribution >= 4 is 5.91 Å². The number of amides is 1. The monoisotopic (exact) mass is 262 g/mol. The molecule has 106 valence electrons. The number of carbonyl (C=O) groups is 1. The predicted octanol–water partition coefficient (Wildman–Crippen LogP) is 2.06. The summed E-state index contributed by atoms with van der Waals surface area (Å²) in [5.74, 6) is 3.07. The summed E-state index contributed by atoms with van der Waals surface area (Å²) in [6, 6.07) is 0. The lowest BCUT2D eigenvalue weighted by molar-refractivity contribution is -0.158. The molecule has 5 rings (SSSR count). The molecule has 0 aromatic rings. The second kappa shape index (κ2) is 3.97. The van der Waals surface area contributed by atoms with Gasteiger partial charge in [0.1, 0.15) is 0 Å². The molecule has 1 unspecified atom stereocenters. The Kier molecular flexibility index (Phi) is 2.55. The minimum absolute atomic E-state index is 0.113. The summed E-state index contributed by atoms with van der Waals surface area (Å²) in [5.41, 5.74) is 6.09. The first-order valence-corrected chi connectivity index (χ1v) is 8.16. The van der Waals surface area contributed by atoms with E-state index >= 15 is 0 Å². The van der Waals surface area contributed by atoms with E-state index in [4.69, 9.17) is 5.73 Å². The van der Waals surface area contributed by atoms with E-state index in [1.807, 2.05) is 0 Å². The van der Waals surface area contributed by atoms with E-state index in [0.29, 0.717) is 17.9 Å². The second-order valence-electron chi connectivity index (χ2n) is 7.82. The van der Waals surface area contributed by atoms with Crippen LogP contribution >= 0.6 is 0 Å². The highest BCUT2D eigenvalue weighted by Gasteiger charge is 2.63. The van der Waals surface area contributed by atoms with Gasteiger partial charge < -0.3 is 11.1 Å². The van der Waals surface area contributed by atoms with Crippen LogP contribution < -0.4 is 11.1 Å². The molecule has 3 heteroatoms. The fourth-order valence-electron chi connectivity index (χ4n) is 6.62. The zero-order chi connectivity index (χ0) is 13.1. The number of rotatable bonds is 3. The molecular weight excluding hydrogens is 236 g/mol. The molecule has 4 aliphatic carbocycles. The van der Waals surface area contributed by atoms with Crippen LogP contribution in [-0.2, 0) is 4.79 Å². The molecule has 1 heterocycles. The standard InChI is InChI=1S/C16H26N2O/c17-3-1-16(2-4-18-14(16)19)15-8-11-5-12(9-15)7-13(6-11)10-15/h11-13H,1-10,17H2,(H,18,19). The molecular formula is C16H26N2O. The maximum atomic E-state index is 12.6. The van der Waals surface area contributed by atoms with Gasteiger partial charge in [0.25, 0.3) is 0 Å². The van der Waals surface area contributed by atoms with E-state index < -0.39 is 0 Å². The summed E-state index contributed by atoms with van der Waals surface area (Å²) < 4.78 is 0. The van der Waals surface area contributed by atoms with Crippen LogP contribution in [-0.4, -0.2) is 19.0 Å². The fraction of sp³-hybridized carbons (Fsp3) is 0.938. The first kappa shape index (κ1) is 12.2. The van der Waals surface area contributed by atoms with Crippen LogP contribution in [0.3, 0.4) is 0 Å². The summed E-state index contributed by atoms with van der Waals surface area (Å²) in [7, 11) is 0. The molecule has 1 aliphatic heterocycles. The van der Waals surface area contributed by atoms with E-state index in [0.717, 1.165) is 37.1 Å². The van der Waals surface area contributed by atoms with E-state index in [1.165, 1.54) is 38.5 Å². The Bertz CT molecular complexity index is 370. The average Bonchev–Trinajstić information content (AvgIpc) is 2.71. The normalized spacial score (nSPS) is 51.6. The van der Waals surface area contributed by atoms with Gasteiger partial charge in [-0.1, -0.05) is 0 Å². The summed E-state index contributed by atoms with van der Waals surface area (Å²) >= 11 is 0. The van der Waals surface area contributed by atoms with E-state index in [2.05, 4.69) is 5.32 Å². The molecule has 3 nitrogen and oxygen atoms in total. The summed E-state index contributed by atoms with van der Waals surface area (Å²) in [4.78, 5) is 12.6. The smallest absolute Gasteiger partial charge is 0.226 e. The lowest BCUT2D eigenvalue weighted by Crippen LogP contribution is -2.57. The summed E-state index contributed by atoms with van der Waals surface area (Å²) in [6.07, 6.45) is 10.2. The molecule has 19 heavy (non-hydrogen) atoms. The Morgan fingerprint density at radius 3 is 2.11 bits per heavy atom. The average molecular weight is 262 g/mol. The lowest BCUT2D eigenvalue weighted by Gasteiger charge is -2.62. The molecule has 0 aromatic carbocycles. The molecule has 1 amide bonds. The van der Waals surface area contributed by atoms with E-state index in [9.17, 15) is 4.79 Å². The molecule has 1 saturated heterocycles. The highest BCUT2D eigenvalue weighted by Crippen LogP contribution is 2.68. The quantitative estimate of drug-likeness (QED) is 0.818. The number of hydrogen-bond acceptors (Lipinski definition) is 2. The van der Waals surface area contributed by atoms with Gasteiger partial charge in [0.15, 0.2) is 0 Å². The van der Waals surface area contributed by atoms with E-state index in [-0.39, 0.29) is 5.41 Å². The maximum Gasteiger partial charge on any atom is 0.226 e. The van der Waals surface area contributed by atoms with Gasteiger partial charge in [-0.3, -0.25) is 4.79 Å². The third kappa shape index (κ3) is 1.51. The van der Waals surface area contributed by atoms with Crippen LogP contribution in [0.2, 0.25) is 0 Å². The van der Waals surface area contributed by atoms with Gasteiger partial charge in [-0.25, -0.2) is 0 Å². The van der Waals surface area contributed by atoms with Gasteiger partial charge >= 0.3 is 0 Å². The molecule has 5 fully saturated rings. The Balaban J connectivity index is 1.74. The first-order valence-electron chi connectivity index (χ1n) is 8.16. The van der Waals surface area contributed by atoms with Gasteiger partial charge in [-0.2, -0.15) is 0 Å². The zero-order valence-electron chi connectivity index (χ0n) is 11.8. The second-order valence-corrected chi connectivity index (χ2v) is 7.82. The van der Waals surface area contributed by atoms with Gasteiger partial charge in [0.05, 0.1) is 5.41 Å². The number of carbonyl (C=O) groups excluding carboxylic acids is 1. The van der Waals surface area contributed by atoms with Gasteiger partial charge in [0.2, 0.25) is 5.91 Å². The predicted molar refractivity (Wildman–Crippen MR) is 74.3 cm³/mol. The zero-order valence-corrected chi connectivity index (χ0v) is 11.8. The molecule has 5 aliphatic rings. The van der Waals surface area contributed by atoms with Crippen molar-refractivity contribution in [2.75, 3.05) is 13.1 Å². The molecule has 4 bridgehead atoms. The van der Waals surface area contributed by atoms with Crippen LogP contribution in [0.1, 0.15) is 51.4 Å². The molecule has 4 saturated carbocycles. The van der Waals surface area contributed by atoms with Crippen molar-refractivity contribution in [1.82, 2.24) is 5.32 Å². The van der Waals surface area contributed by atoms with Crippen molar-refractivity contribution in [2.45, 2.75) is 51.4 Å². The molecule has 0 spiro atoms. The van der Waals surface area contributed by atoms with Crippen LogP contribution in [0.4, 0.5) is 0 Å². The largest absolute Gasteiger partial charge is 0.356 e. The number of nitrogens with one attached hydrogen (secondary N) is 1. The number of hydrogen-bond donors (Lipinski definition) is 2. The van der Waals surface area contributed by atoms with Crippen molar-refractivity contribution in [3.63, 3.8) is 0 Å². The Morgan fingerprint density at radius 1 is 1.11 bits per heavy atom. The maximum absolute atomic E-state index is 12.6. The Labute approximate surface area is 115 Å². The SMILES string of the molecule is NCCC1(C23CC4CC(CC(C4)C2)C3)CCNC1=O. The van der Waals surface area contributed by atoms with Crippen LogP contribution in [0.15, 0.2) is 0 Å². The van der Waals surface area contributed by atoms with Gasteiger partial charge in [0, 0.05) is 6.54 Å². The molecule has 0 aromatic heterocycles. The van der Waals surface area contributed by atoms with Crippen molar-refractivity contribution in [3.05, 3.63) is 0 Å². The summed E-state index contributed by atoms with van der Waals surface area (Å²) in [6.45, 7) is 1.54. The van der Waals surface area contributed by atoms with E-state index in [1.54, 1.807) is 0 Å². The Morgan fingerprint density at radius 2 is 1.68 bits per heavy atom. The van der Waals surface area contributed by atoms with Crippen LogP contribution in [0.5, 0.6) is 0 Å². The minimum Gasteiger partial charge on any atom is -0.356 e. The van der Waals surface area contributed by atoms with Crippen LogP contribution in [0.25, 0.3) is 0 Å². The molecule has 0 radical (unpaired) electrons. The molecule has 3 N–H and O–H groups in total. The minimum atomic E-state index is -0.113. The highest BCUT2D eigenvalue weighted by atomic mass is 16.2. The Hall–Kier alpha value is -0.570. The van der Waals surface area contributed by atoms with Gasteiger partial charge in [-0.15, -0.1) is 0 Å². The highest BCUT2D eigenvalue weighted by molar-refractivity contribution is 5.85. The first-order chi connectivity index (χ1) is 9.17. The third-order valence-corrected chi connectivity index (χ3v) is 6.90. The van der Waals surface area contributed by atoms with Crippen molar-refractivity contribution < 1.29 is 4.79 Å². The summed E-state index contributed by atoms with van der Waals surface area (Å²) in [5, 5.41) is 3.13. The van der Waals surface area contributed by atoms with Crippen molar-refractivity contribution in [3.8, 4) is 0 Å². The third-order valence-electron chi connectivity index (χ3n) is 6.90. The fourth-order valence-corrected chi connectivity index (χ4v) is 6.62.